The molecule has 0 bridgehead atoms. The predicted octanol–water partition coefficient (Wildman–Crippen LogP) is 3.09. The van der Waals surface area contributed by atoms with Crippen molar-refractivity contribution < 1.29 is 33.6 Å². The molecule has 2 aromatic rings. The summed E-state index contributed by atoms with van der Waals surface area (Å²) in [6, 6.07) is 9.38. The van der Waals surface area contributed by atoms with Crippen LogP contribution in [0, 0.1) is 6.92 Å². The number of hydrogen-bond acceptors (Lipinski definition) is 7. The highest BCUT2D eigenvalue weighted by Gasteiger charge is 2.46. The zero-order chi connectivity index (χ0) is 23.4. The van der Waals surface area contributed by atoms with Gasteiger partial charge in [0.05, 0.1) is 39.6 Å². The largest absolute Gasteiger partial charge is 0.507 e. The zero-order valence-electron chi connectivity index (χ0n) is 18.8. The van der Waals surface area contributed by atoms with E-state index in [1.807, 2.05) is 6.92 Å². The maximum Gasteiger partial charge on any atom is 0.295 e. The fraction of sp³-hybridized carbons (Fsp3) is 0.333. The molecule has 8 heteroatoms. The van der Waals surface area contributed by atoms with Gasteiger partial charge in [0.1, 0.15) is 11.5 Å². The summed E-state index contributed by atoms with van der Waals surface area (Å²) in [4.78, 5) is 27.3. The lowest BCUT2D eigenvalue weighted by Gasteiger charge is -2.25. The van der Waals surface area contributed by atoms with Gasteiger partial charge in [0.2, 0.25) is 0 Å². The number of Topliss-reactive ketones (excluding diaryl/α,β-unsaturated/α-hetero) is 1. The van der Waals surface area contributed by atoms with Crippen molar-refractivity contribution in [1.82, 2.24) is 4.90 Å². The number of carbonyl (C=O) groups excluding carboxylic acids is 2. The number of aliphatic hydroxyl groups is 1. The normalized spacial score (nSPS) is 17.5. The number of hydrogen-bond donors (Lipinski definition) is 1. The quantitative estimate of drug-likeness (QED) is 0.382. The molecule has 0 aliphatic carbocycles. The molecule has 1 unspecified atom stereocenters. The summed E-state index contributed by atoms with van der Waals surface area (Å²) >= 11 is 0. The van der Waals surface area contributed by atoms with E-state index in [0.29, 0.717) is 28.4 Å². The Morgan fingerprint density at radius 2 is 1.59 bits per heavy atom. The highest BCUT2D eigenvalue weighted by atomic mass is 16.5. The van der Waals surface area contributed by atoms with Crippen LogP contribution in [0.15, 0.2) is 42.0 Å². The van der Waals surface area contributed by atoms with Crippen molar-refractivity contribution in [3.05, 3.63) is 58.7 Å². The molecule has 1 heterocycles. The lowest BCUT2D eigenvalue weighted by molar-refractivity contribution is -0.140. The fourth-order valence-corrected chi connectivity index (χ4v) is 3.85. The maximum atomic E-state index is 13.0. The summed E-state index contributed by atoms with van der Waals surface area (Å²) < 4.78 is 21.1. The lowest BCUT2D eigenvalue weighted by atomic mass is 9.94. The molecule has 3 rings (SSSR count). The summed E-state index contributed by atoms with van der Waals surface area (Å²) in [5.74, 6) is -0.105. The van der Waals surface area contributed by atoms with Gasteiger partial charge >= 0.3 is 0 Å². The van der Waals surface area contributed by atoms with Crippen LogP contribution in [0.4, 0.5) is 0 Å². The molecule has 1 atom stereocenters. The van der Waals surface area contributed by atoms with Crippen LogP contribution < -0.4 is 14.2 Å². The Bertz CT molecular complexity index is 1060. The average Bonchev–Trinajstić information content (AvgIpc) is 3.06. The first-order chi connectivity index (χ1) is 15.4. The van der Waals surface area contributed by atoms with Crippen molar-refractivity contribution in [2.75, 3.05) is 41.6 Å². The number of likely N-dealkylation sites (tertiary alicyclic amines) is 1. The number of methoxy groups -OCH3 is 4. The van der Waals surface area contributed by atoms with Gasteiger partial charge in [-0.15, -0.1) is 0 Å². The maximum absolute atomic E-state index is 13.0. The number of aliphatic hydroxyl groups excluding tert-OH is 1. The van der Waals surface area contributed by atoms with Crippen LogP contribution in [0.25, 0.3) is 5.76 Å². The van der Waals surface area contributed by atoms with E-state index in [1.165, 1.54) is 26.2 Å². The highest BCUT2D eigenvalue weighted by molar-refractivity contribution is 6.46. The third kappa shape index (κ3) is 4.13. The first-order valence-electron chi connectivity index (χ1n) is 10.0. The van der Waals surface area contributed by atoms with Gasteiger partial charge in [-0.05, 0) is 48.4 Å². The Morgan fingerprint density at radius 3 is 2.19 bits per heavy atom. The third-order valence-electron chi connectivity index (χ3n) is 5.47. The summed E-state index contributed by atoms with van der Waals surface area (Å²) in [7, 11) is 6.10. The first-order valence-corrected chi connectivity index (χ1v) is 10.0. The molecule has 0 aromatic heterocycles. The van der Waals surface area contributed by atoms with Gasteiger partial charge < -0.3 is 29.0 Å². The van der Waals surface area contributed by atoms with E-state index in [2.05, 4.69) is 0 Å². The molecule has 0 saturated carbocycles. The second-order valence-corrected chi connectivity index (χ2v) is 7.28. The lowest BCUT2D eigenvalue weighted by Crippen LogP contribution is -2.32. The van der Waals surface area contributed by atoms with Crippen molar-refractivity contribution in [2.24, 2.45) is 0 Å². The zero-order valence-corrected chi connectivity index (χ0v) is 18.8. The minimum atomic E-state index is -0.813. The van der Waals surface area contributed by atoms with Crippen LogP contribution in [0.3, 0.4) is 0 Å². The predicted molar refractivity (Wildman–Crippen MR) is 118 cm³/mol. The van der Waals surface area contributed by atoms with Crippen molar-refractivity contribution in [2.45, 2.75) is 13.0 Å². The number of aryl methyl sites for hydroxylation is 1. The second kappa shape index (κ2) is 9.74. The Hall–Kier alpha value is -3.52. The number of nitrogens with zero attached hydrogens (tertiary/aromatic N) is 1. The number of ketones is 1. The van der Waals surface area contributed by atoms with Crippen molar-refractivity contribution in [1.29, 1.82) is 0 Å². The number of ether oxygens (including phenoxy) is 4. The van der Waals surface area contributed by atoms with Gasteiger partial charge in [0, 0.05) is 19.2 Å². The van der Waals surface area contributed by atoms with Crippen molar-refractivity contribution in [3.63, 3.8) is 0 Å². The van der Waals surface area contributed by atoms with Crippen LogP contribution in [-0.2, 0) is 14.3 Å². The SMILES string of the molecule is COCCN1C(=O)C(=O)/C(=C(/O)c2ccc(OC)c(C)c2)C1c1ccc(OC)c(OC)c1. The molecule has 32 heavy (non-hydrogen) atoms. The van der Waals surface area contributed by atoms with E-state index in [9.17, 15) is 14.7 Å². The molecular weight excluding hydrogens is 414 g/mol. The van der Waals surface area contributed by atoms with Crippen molar-refractivity contribution in [3.8, 4) is 17.2 Å². The highest BCUT2D eigenvalue weighted by Crippen LogP contribution is 2.42. The topological polar surface area (TPSA) is 94.5 Å². The van der Waals surface area contributed by atoms with Crippen LogP contribution in [0.1, 0.15) is 22.7 Å². The Labute approximate surface area is 187 Å². The smallest absolute Gasteiger partial charge is 0.295 e. The molecule has 1 aliphatic rings. The van der Waals surface area contributed by atoms with Gasteiger partial charge in [-0.25, -0.2) is 0 Å². The molecule has 2 aromatic carbocycles. The molecule has 8 nitrogen and oxygen atoms in total. The van der Waals surface area contributed by atoms with Crippen molar-refractivity contribution >= 4 is 17.4 Å². The van der Waals surface area contributed by atoms with Crippen LogP contribution >= 0.6 is 0 Å². The Kier molecular flexibility index (Phi) is 7.05. The molecule has 1 aliphatic heterocycles. The molecule has 1 N–H and O–H groups in total. The minimum Gasteiger partial charge on any atom is -0.507 e. The average molecular weight is 441 g/mol. The monoisotopic (exact) mass is 441 g/mol. The van der Waals surface area contributed by atoms with E-state index >= 15 is 0 Å². The van der Waals surface area contributed by atoms with Gasteiger partial charge in [-0.1, -0.05) is 6.07 Å². The fourth-order valence-electron chi connectivity index (χ4n) is 3.85. The molecular formula is C24H27NO7. The van der Waals surface area contributed by atoms with Gasteiger partial charge in [0.15, 0.2) is 11.5 Å². The number of amides is 1. The van der Waals surface area contributed by atoms with E-state index in [-0.39, 0.29) is 24.5 Å². The number of benzene rings is 2. The van der Waals surface area contributed by atoms with Crippen LogP contribution in [-0.4, -0.2) is 63.3 Å². The van der Waals surface area contributed by atoms with E-state index in [4.69, 9.17) is 18.9 Å². The van der Waals surface area contributed by atoms with E-state index in [1.54, 1.807) is 43.5 Å². The van der Waals surface area contributed by atoms with Gasteiger partial charge in [-0.2, -0.15) is 0 Å². The number of carbonyl (C=O) groups is 2. The molecule has 1 fully saturated rings. The summed E-state index contributed by atoms with van der Waals surface area (Å²) in [5.41, 5.74) is 1.80. The summed E-state index contributed by atoms with van der Waals surface area (Å²) in [6.45, 7) is 2.25. The van der Waals surface area contributed by atoms with Crippen LogP contribution in [0.2, 0.25) is 0 Å². The summed E-state index contributed by atoms with van der Waals surface area (Å²) in [6.07, 6.45) is 0. The molecule has 170 valence electrons. The minimum absolute atomic E-state index is 0.00268. The Balaban J connectivity index is 2.20. The van der Waals surface area contributed by atoms with Gasteiger partial charge in [-0.3, -0.25) is 9.59 Å². The molecule has 1 saturated heterocycles. The van der Waals surface area contributed by atoms with E-state index in [0.717, 1.165) is 5.56 Å². The Morgan fingerprint density at radius 1 is 0.938 bits per heavy atom. The standard InChI is InChI=1S/C24H27NO7/c1-14-12-16(7-8-17(14)30-3)22(26)20-21(25(10-11-29-2)24(28)23(20)27)15-6-9-18(31-4)19(13-15)32-5/h6-9,12-13,21,26H,10-11H2,1-5H3/b22-20+. The third-order valence-corrected chi connectivity index (χ3v) is 5.47. The molecule has 0 spiro atoms. The molecule has 0 radical (unpaired) electrons. The summed E-state index contributed by atoms with van der Waals surface area (Å²) in [5, 5.41) is 11.2. The van der Waals surface area contributed by atoms with Gasteiger partial charge in [0.25, 0.3) is 11.7 Å². The molecule has 1 amide bonds. The number of rotatable bonds is 8. The van der Waals surface area contributed by atoms with Crippen LogP contribution in [0.5, 0.6) is 17.2 Å². The first kappa shape index (κ1) is 23.1. The van der Waals surface area contributed by atoms with E-state index < -0.39 is 17.7 Å². The second-order valence-electron chi connectivity index (χ2n) is 7.28.